The third-order valence-corrected chi connectivity index (χ3v) is 2.46. The maximum absolute atomic E-state index is 9.71. The van der Waals surface area contributed by atoms with Crippen molar-refractivity contribution < 1.29 is 10.2 Å². The van der Waals surface area contributed by atoms with Gasteiger partial charge in [0.15, 0.2) is 11.5 Å². The lowest BCUT2D eigenvalue weighted by molar-refractivity contribution is 0.470. The minimum absolute atomic E-state index is 0.117. The smallest absolute Gasteiger partial charge is 0.185 e. The number of pyridine rings is 1. The molecule has 5 heteroatoms. The summed E-state index contributed by atoms with van der Waals surface area (Å²) in [6.45, 7) is 0. The molecule has 0 aliphatic carbocycles. The molecule has 2 aromatic heterocycles. The molecule has 0 saturated heterocycles. The second-order valence-corrected chi connectivity index (χ2v) is 3.64. The Kier molecular flexibility index (Phi) is 1.98. The van der Waals surface area contributed by atoms with Crippen molar-refractivity contribution in [1.29, 1.82) is 0 Å². The van der Waals surface area contributed by atoms with Crippen LogP contribution in [-0.4, -0.2) is 24.8 Å². The number of aromatic nitrogens is 3. The van der Waals surface area contributed by atoms with E-state index < -0.39 is 0 Å². The van der Waals surface area contributed by atoms with Crippen molar-refractivity contribution in [2.75, 3.05) is 0 Å². The van der Waals surface area contributed by atoms with Crippen LogP contribution in [0.25, 0.3) is 17.0 Å². The molecule has 1 aromatic carbocycles. The molecule has 84 valence electrons. The number of hydrogen-bond donors (Lipinski definition) is 2. The molecule has 3 rings (SSSR count). The fourth-order valence-corrected chi connectivity index (χ4v) is 1.65. The minimum Gasteiger partial charge on any atom is -0.507 e. The van der Waals surface area contributed by atoms with E-state index in [1.165, 1.54) is 10.7 Å². The fraction of sp³-hybridized carbons (Fsp3) is 0. The van der Waals surface area contributed by atoms with Crippen molar-refractivity contribution in [2.24, 2.45) is 0 Å². The molecule has 0 unspecified atom stereocenters. The largest absolute Gasteiger partial charge is 0.507 e. The van der Waals surface area contributed by atoms with Crippen LogP contribution >= 0.6 is 0 Å². The molecule has 17 heavy (non-hydrogen) atoms. The monoisotopic (exact) mass is 227 g/mol. The zero-order valence-electron chi connectivity index (χ0n) is 8.78. The Hall–Kier alpha value is -2.56. The van der Waals surface area contributed by atoms with Crippen molar-refractivity contribution in [3.8, 4) is 22.9 Å². The number of hydrogen-bond acceptors (Lipinski definition) is 4. The molecular formula is C12H9N3O2. The molecular weight excluding hydrogens is 218 g/mol. The van der Waals surface area contributed by atoms with Crippen LogP contribution in [0.4, 0.5) is 0 Å². The third kappa shape index (κ3) is 1.57. The lowest BCUT2D eigenvalue weighted by Gasteiger charge is -1.97. The standard InChI is InChI=1S/C12H9N3O2/c16-8-5-6-11-13-12(14-15(11)7-8)9-3-1-2-4-10(9)17/h1-7,16-17H. The van der Waals surface area contributed by atoms with Crippen molar-refractivity contribution in [3.05, 3.63) is 42.6 Å². The summed E-state index contributed by atoms with van der Waals surface area (Å²) in [5, 5.41) is 23.2. The van der Waals surface area contributed by atoms with Gasteiger partial charge in [-0.25, -0.2) is 9.50 Å². The van der Waals surface area contributed by atoms with Gasteiger partial charge in [0.05, 0.1) is 11.8 Å². The predicted octanol–water partition coefficient (Wildman–Crippen LogP) is 1.81. The van der Waals surface area contributed by atoms with Gasteiger partial charge in [-0.05, 0) is 24.3 Å². The van der Waals surface area contributed by atoms with Crippen LogP contribution in [0.1, 0.15) is 0 Å². The molecule has 0 aliphatic rings. The van der Waals surface area contributed by atoms with Gasteiger partial charge in [0, 0.05) is 0 Å². The van der Waals surface area contributed by atoms with Gasteiger partial charge in [-0.1, -0.05) is 12.1 Å². The Balaban J connectivity index is 2.22. The lowest BCUT2D eigenvalue weighted by Crippen LogP contribution is -1.86. The van der Waals surface area contributed by atoms with E-state index in [-0.39, 0.29) is 11.5 Å². The SMILES string of the molecule is Oc1ccc2nc(-c3ccccc3O)nn2c1. The first-order valence-corrected chi connectivity index (χ1v) is 5.08. The van der Waals surface area contributed by atoms with Crippen LogP contribution in [0, 0.1) is 0 Å². The number of rotatable bonds is 1. The van der Waals surface area contributed by atoms with Crippen LogP contribution in [0.5, 0.6) is 11.5 Å². The number of phenolic OH excluding ortho intramolecular Hbond substituents is 1. The Bertz CT molecular complexity index is 691. The van der Waals surface area contributed by atoms with Crippen LogP contribution in [0.2, 0.25) is 0 Å². The summed E-state index contributed by atoms with van der Waals surface area (Å²) in [5.41, 5.74) is 1.18. The van der Waals surface area contributed by atoms with E-state index in [4.69, 9.17) is 0 Å². The molecule has 0 spiro atoms. The van der Waals surface area contributed by atoms with Crippen molar-refractivity contribution in [2.45, 2.75) is 0 Å². The van der Waals surface area contributed by atoms with E-state index >= 15 is 0 Å². The maximum Gasteiger partial charge on any atom is 0.185 e. The Morgan fingerprint density at radius 2 is 1.82 bits per heavy atom. The first-order chi connectivity index (χ1) is 8.24. The van der Waals surface area contributed by atoms with Gasteiger partial charge < -0.3 is 10.2 Å². The first kappa shape index (κ1) is 9.65. The minimum atomic E-state index is 0.117. The molecule has 0 bridgehead atoms. The molecule has 0 radical (unpaired) electrons. The van der Waals surface area contributed by atoms with E-state index in [0.29, 0.717) is 17.0 Å². The zero-order chi connectivity index (χ0) is 11.8. The molecule has 0 amide bonds. The third-order valence-electron chi connectivity index (χ3n) is 2.46. The summed E-state index contributed by atoms with van der Waals surface area (Å²) in [6, 6.07) is 10.1. The molecule has 2 N–H and O–H groups in total. The Morgan fingerprint density at radius 3 is 2.65 bits per heavy atom. The van der Waals surface area contributed by atoms with Crippen LogP contribution in [0.3, 0.4) is 0 Å². The lowest BCUT2D eigenvalue weighted by atomic mass is 10.2. The number of aromatic hydroxyl groups is 2. The van der Waals surface area contributed by atoms with E-state index in [0.717, 1.165) is 0 Å². The summed E-state index contributed by atoms with van der Waals surface area (Å²) in [4.78, 5) is 4.27. The van der Waals surface area contributed by atoms with E-state index in [1.807, 2.05) is 0 Å². The highest BCUT2D eigenvalue weighted by molar-refractivity contribution is 5.65. The average molecular weight is 227 g/mol. The summed E-state index contributed by atoms with van der Waals surface area (Å²) in [7, 11) is 0. The molecule has 0 aliphatic heterocycles. The van der Waals surface area contributed by atoms with E-state index in [9.17, 15) is 10.2 Å². The van der Waals surface area contributed by atoms with Gasteiger partial charge >= 0.3 is 0 Å². The number of phenols is 1. The fourth-order valence-electron chi connectivity index (χ4n) is 1.65. The highest BCUT2D eigenvalue weighted by Crippen LogP contribution is 2.26. The normalized spacial score (nSPS) is 10.8. The number of fused-ring (bicyclic) bond motifs is 1. The van der Waals surface area contributed by atoms with E-state index in [2.05, 4.69) is 10.1 Å². The van der Waals surface area contributed by atoms with Crippen molar-refractivity contribution in [1.82, 2.24) is 14.6 Å². The van der Waals surface area contributed by atoms with Gasteiger partial charge in [0.25, 0.3) is 0 Å². The molecule has 5 nitrogen and oxygen atoms in total. The second kappa shape index (κ2) is 3.48. The van der Waals surface area contributed by atoms with Gasteiger partial charge in [0.1, 0.15) is 11.5 Å². The molecule has 0 saturated carbocycles. The van der Waals surface area contributed by atoms with Gasteiger partial charge in [0.2, 0.25) is 0 Å². The zero-order valence-corrected chi connectivity index (χ0v) is 8.78. The van der Waals surface area contributed by atoms with E-state index in [1.54, 1.807) is 36.4 Å². The summed E-state index contributed by atoms with van der Waals surface area (Å²) in [5.74, 6) is 0.674. The Labute approximate surface area is 96.6 Å². The number of para-hydroxylation sites is 1. The first-order valence-electron chi connectivity index (χ1n) is 5.08. The van der Waals surface area contributed by atoms with Gasteiger partial charge in [-0.15, -0.1) is 5.10 Å². The highest BCUT2D eigenvalue weighted by Gasteiger charge is 2.09. The summed E-state index contributed by atoms with van der Waals surface area (Å²) in [6.07, 6.45) is 1.46. The maximum atomic E-state index is 9.71. The topological polar surface area (TPSA) is 70.7 Å². The van der Waals surface area contributed by atoms with Gasteiger partial charge in [-0.3, -0.25) is 0 Å². The summed E-state index contributed by atoms with van der Waals surface area (Å²) < 4.78 is 1.47. The molecule has 3 aromatic rings. The average Bonchev–Trinajstić information content (AvgIpc) is 2.72. The van der Waals surface area contributed by atoms with Crippen molar-refractivity contribution >= 4 is 5.65 Å². The van der Waals surface area contributed by atoms with Crippen LogP contribution in [0.15, 0.2) is 42.6 Å². The molecule has 2 heterocycles. The van der Waals surface area contributed by atoms with Crippen LogP contribution in [-0.2, 0) is 0 Å². The number of nitrogens with zero attached hydrogens (tertiary/aromatic N) is 3. The second-order valence-electron chi connectivity index (χ2n) is 3.64. The van der Waals surface area contributed by atoms with Crippen molar-refractivity contribution in [3.63, 3.8) is 0 Å². The quantitative estimate of drug-likeness (QED) is 0.665. The molecule has 0 fully saturated rings. The summed E-state index contributed by atoms with van der Waals surface area (Å²) >= 11 is 0. The predicted molar refractivity (Wildman–Crippen MR) is 61.8 cm³/mol. The van der Waals surface area contributed by atoms with Gasteiger partial charge in [-0.2, -0.15) is 0 Å². The molecule has 0 atom stereocenters. The Morgan fingerprint density at radius 1 is 1.00 bits per heavy atom. The highest BCUT2D eigenvalue weighted by atomic mass is 16.3. The van der Waals surface area contributed by atoms with Crippen LogP contribution < -0.4 is 0 Å². The number of benzene rings is 1.